The minimum absolute atomic E-state index is 0.0600. The molecular weight excluding hydrogens is 406 g/mol. The summed E-state index contributed by atoms with van der Waals surface area (Å²) in [6.07, 6.45) is 3.39. The molecule has 0 saturated carbocycles. The molecule has 2 aromatic rings. The summed E-state index contributed by atoms with van der Waals surface area (Å²) in [6, 6.07) is 4.30. The number of rotatable bonds is 9. The van der Waals surface area contributed by atoms with Gasteiger partial charge in [0.2, 0.25) is 5.91 Å². The third-order valence-electron chi connectivity index (χ3n) is 4.96. The number of benzene rings is 1. The van der Waals surface area contributed by atoms with E-state index in [1.54, 1.807) is 18.1 Å². The number of nitro benzene ring substituents is 1. The smallest absolute Gasteiger partial charge is 0.295 e. The second kappa shape index (κ2) is 10.6. The number of nitro groups is 1. The quantitative estimate of drug-likeness (QED) is 0.335. The first kappa shape index (κ1) is 22.3. The van der Waals surface area contributed by atoms with Gasteiger partial charge in [-0.15, -0.1) is 0 Å². The predicted octanol–water partition coefficient (Wildman–Crippen LogP) is 0.0860. The Morgan fingerprint density at radius 1 is 1.26 bits per heavy atom. The van der Waals surface area contributed by atoms with Gasteiger partial charge < -0.3 is 15.0 Å². The molecule has 12 heteroatoms. The first-order valence-corrected chi connectivity index (χ1v) is 9.90. The number of nitrogens with one attached hydrogen (secondary N) is 1. The van der Waals surface area contributed by atoms with Crippen LogP contribution in [0.4, 0.5) is 5.69 Å². The maximum absolute atomic E-state index is 12.9. The van der Waals surface area contributed by atoms with Gasteiger partial charge in [-0.05, 0) is 18.6 Å². The van der Waals surface area contributed by atoms with Gasteiger partial charge in [0.1, 0.15) is 18.3 Å². The van der Waals surface area contributed by atoms with Gasteiger partial charge in [-0.3, -0.25) is 24.6 Å². The second-order valence-corrected chi connectivity index (χ2v) is 7.07. The molecule has 1 aliphatic rings. The minimum Gasteiger partial charge on any atom is -0.385 e. The van der Waals surface area contributed by atoms with Crippen molar-refractivity contribution in [1.29, 1.82) is 0 Å². The molecule has 0 atom stereocenters. The van der Waals surface area contributed by atoms with Crippen LogP contribution in [0.1, 0.15) is 16.8 Å². The molecule has 166 valence electrons. The zero-order valence-electron chi connectivity index (χ0n) is 17.3. The van der Waals surface area contributed by atoms with Crippen molar-refractivity contribution in [3.8, 4) is 5.69 Å². The molecule has 3 rings (SSSR count). The normalized spacial score (nSPS) is 14.4. The minimum atomic E-state index is -0.545. The molecule has 2 heterocycles. The van der Waals surface area contributed by atoms with E-state index in [1.165, 1.54) is 29.5 Å². The average Bonchev–Trinajstić information content (AvgIpc) is 3.31. The fourth-order valence-electron chi connectivity index (χ4n) is 3.32. The van der Waals surface area contributed by atoms with Crippen molar-refractivity contribution in [2.75, 3.05) is 53.0 Å². The van der Waals surface area contributed by atoms with Crippen LogP contribution in [0.15, 0.2) is 30.9 Å². The summed E-state index contributed by atoms with van der Waals surface area (Å²) in [7, 11) is 1.62. The Morgan fingerprint density at radius 2 is 2.03 bits per heavy atom. The number of hydrogen-bond donors (Lipinski definition) is 1. The van der Waals surface area contributed by atoms with Crippen LogP contribution >= 0.6 is 0 Å². The van der Waals surface area contributed by atoms with Crippen molar-refractivity contribution in [2.45, 2.75) is 6.42 Å². The van der Waals surface area contributed by atoms with Gasteiger partial charge in [0.05, 0.1) is 11.5 Å². The summed E-state index contributed by atoms with van der Waals surface area (Å²) in [4.78, 5) is 43.2. The zero-order valence-corrected chi connectivity index (χ0v) is 17.3. The highest BCUT2D eigenvalue weighted by molar-refractivity contribution is 5.95. The first-order chi connectivity index (χ1) is 15.0. The summed E-state index contributed by atoms with van der Waals surface area (Å²) in [5.74, 6) is -0.341. The number of carbonyl (C=O) groups excluding carboxylic acids is 2. The van der Waals surface area contributed by atoms with Gasteiger partial charge in [-0.2, -0.15) is 5.10 Å². The van der Waals surface area contributed by atoms with E-state index in [-0.39, 0.29) is 35.3 Å². The summed E-state index contributed by atoms with van der Waals surface area (Å²) >= 11 is 0. The van der Waals surface area contributed by atoms with E-state index in [2.05, 4.69) is 15.4 Å². The number of nitrogens with zero attached hydrogens (tertiary/aromatic N) is 6. The van der Waals surface area contributed by atoms with Gasteiger partial charge in [0, 0.05) is 58.1 Å². The Morgan fingerprint density at radius 3 is 2.68 bits per heavy atom. The van der Waals surface area contributed by atoms with Crippen molar-refractivity contribution < 1.29 is 19.2 Å². The van der Waals surface area contributed by atoms with E-state index in [4.69, 9.17) is 4.74 Å². The lowest BCUT2D eigenvalue weighted by Crippen LogP contribution is -2.51. The molecule has 0 radical (unpaired) electrons. The molecule has 1 N–H and O–H groups in total. The molecule has 12 nitrogen and oxygen atoms in total. The molecule has 0 spiro atoms. The number of methoxy groups -OCH3 is 1. The highest BCUT2D eigenvalue weighted by Crippen LogP contribution is 2.24. The van der Waals surface area contributed by atoms with E-state index in [9.17, 15) is 19.7 Å². The van der Waals surface area contributed by atoms with Crippen LogP contribution in [0.3, 0.4) is 0 Å². The van der Waals surface area contributed by atoms with E-state index < -0.39 is 4.92 Å². The van der Waals surface area contributed by atoms with Crippen LogP contribution in [0.5, 0.6) is 0 Å². The molecule has 1 fully saturated rings. The number of amides is 2. The van der Waals surface area contributed by atoms with Crippen molar-refractivity contribution in [3.63, 3.8) is 0 Å². The summed E-state index contributed by atoms with van der Waals surface area (Å²) in [5, 5.41) is 18.2. The average molecular weight is 431 g/mol. The van der Waals surface area contributed by atoms with Crippen molar-refractivity contribution in [3.05, 3.63) is 46.5 Å². The lowest BCUT2D eigenvalue weighted by molar-refractivity contribution is -0.384. The van der Waals surface area contributed by atoms with Crippen LogP contribution < -0.4 is 5.32 Å². The van der Waals surface area contributed by atoms with Crippen LogP contribution in [-0.4, -0.2) is 94.3 Å². The largest absolute Gasteiger partial charge is 0.385 e. The summed E-state index contributed by atoms with van der Waals surface area (Å²) in [6.45, 7) is 3.41. The highest BCUT2D eigenvalue weighted by atomic mass is 16.6. The lowest BCUT2D eigenvalue weighted by Gasteiger charge is -2.34. The molecule has 0 aliphatic carbocycles. The molecule has 1 aromatic carbocycles. The number of piperazine rings is 1. The predicted molar refractivity (Wildman–Crippen MR) is 110 cm³/mol. The monoisotopic (exact) mass is 431 g/mol. The van der Waals surface area contributed by atoms with E-state index >= 15 is 0 Å². The second-order valence-electron chi connectivity index (χ2n) is 7.07. The van der Waals surface area contributed by atoms with Crippen molar-refractivity contribution in [2.24, 2.45) is 0 Å². The number of ether oxygens (including phenoxy) is 1. The maximum atomic E-state index is 12.9. The van der Waals surface area contributed by atoms with Crippen molar-refractivity contribution >= 4 is 17.5 Å². The molecule has 1 aromatic heterocycles. The molecule has 0 bridgehead atoms. The Bertz CT molecular complexity index is 910. The Labute approximate surface area is 178 Å². The van der Waals surface area contributed by atoms with Crippen LogP contribution in [-0.2, 0) is 9.53 Å². The van der Waals surface area contributed by atoms with Gasteiger partial charge in [-0.25, -0.2) is 9.67 Å². The lowest BCUT2D eigenvalue weighted by atomic mass is 10.1. The van der Waals surface area contributed by atoms with E-state index in [0.717, 1.165) is 6.42 Å². The maximum Gasteiger partial charge on any atom is 0.295 e. The standard InChI is InChI=1S/C19H25N7O5/c1-31-10-2-5-21-18(27)12-23-6-8-24(9-7-23)19(28)15-3-4-16(17(11-15)26(29)30)25-14-20-13-22-25/h3-4,11,13-14H,2,5-10,12H2,1H3,(H,21,27). The van der Waals surface area contributed by atoms with E-state index in [1.807, 2.05) is 4.90 Å². The van der Waals surface area contributed by atoms with Gasteiger partial charge in [0.25, 0.3) is 11.6 Å². The van der Waals surface area contributed by atoms with Crippen LogP contribution in [0.2, 0.25) is 0 Å². The molecule has 1 aliphatic heterocycles. The SMILES string of the molecule is COCCCNC(=O)CN1CCN(C(=O)c2ccc(-n3cncn3)c([N+](=O)[O-])c2)CC1. The number of carbonyl (C=O) groups is 2. The fourth-order valence-corrected chi connectivity index (χ4v) is 3.32. The molecular formula is C19H25N7O5. The molecule has 1 saturated heterocycles. The summed E-state index contributed by atoms with van der Waals surface area (Å²) in [5.41, 5.74) is 0.250. The third-order valence-corrected chi connectivity index (χ3v) is 4.96. The highest BCUT2D eigenvalue weighted by Gasteiger charge is 2.26. The molecule has 2 amide bonds. The van der Waals surface area contributed by atoms with Gasteiger partial charge in [0.15, 0.2) is 0 Å². The number of aromatic nitrogens is 3. The van der Waals surface area contributed by atoms with Gasteiger partial charge in [-0.1, -0.05) is 0 Å². The fraction of sp³-hybridized carbons (Fsp3) is 0.474. The Balaban J connectivity index is 1.56. The summed E-state index contributed by atoms with van der Waals surface area (Å²) < 4.78 is 6.23. The third kappa shape index (κ3) is 5.83. The Hall–Kier alpha value is -3.38. The zero-order chi connectivity index (χ0) is 22.2. The van der Waals surface area contributed by atoms with E-state index in [0.29, 0.717) is 39.3 Å². The van der Waals surface area contributed by atoms with Crippen LogP contribution in [0.25, 0.3) is 5.69 Å². The Kier molecular flexibility index (Phi) is 7.62. The topological polar surface area (TPSA) is 136 Å². The molecule has 31 heavy (non-hydrogen) atoms. The van der Waals surface area contributed by atoms with Crippen LogP contribution in [0, 0.1) is 10.1 Å². The molecule has 0 unspecified atom stereocenters. The first-order valence-electron chi connectivity index (χ1n) is 9.90. The number of hydrogen-bond acceptors (Lipinski definition) is 8. The van der Waals surface area contributed by atoms with Gasteiger partial charge >= 0.3 is 0 Å². The van der Waals surface area contributed by atoms with Crippen molar-refractivity contribution in [1.82, 2.24) is 29.9 Å².